The summed E-state index contributed by atoms with van der Waals surface area (Å²) in [6.45, 7) is 5.44. The molecule has 0 bridgehead atoms. The Balaban J connectivity index is 1.70. The van der Waals surface area contributed by atoms with Crippen LogP contribution in [0, 0.1) is 10.1 Å². The molecule has 0 unspecified atom stereocenters. The van der Waals surface area contributed by atoms with E-state index in [1.807, 2.05) is 20.8 Å². The molecule has 156 valence electrons. The molecule has 1 aliphatic carbocycles. The molecular formula is C18H25N7O4. The highest BCUT2D eigenvalue weighted by molar-refractivity contribution is 5.68. The van der Waals surface area contributed by atoms with Crippen LogP contribution in [0.3, 0.4) is 0 Å². The second-order valence-corrected chi connectivity index (χ2v) is 7.99. The van der Waals surface area contributed by atoms with Gasteiger partial charge in [-0.05, 0) is 46.5 Å². The summed E-state index contributed by atoms with van der Waals surface area (Å²) in [6.07, 6.45) is 6.93. The van der Waals surface area contributed by atoms with E-state index in [0.29, 0.717) is 17.9 Å². The lowest BCUT2D eigenvalue weighted by Crippen LogP contribution is -2.43. The topological polar surface area (TPSA) is 137 Å². The highest BCUT2D eigenvalue weighted by Crippen LogP contribution is 2.29. The van der Waals surface area contributed by atoms with Crippen LogP contribution in [0.5, 0.6) is 0 Å². The molecule has 3 rings (SSSR count). The fraction of sp³-hybridized carbons (Fsp3) is 0.556. The standard InChI is InChI=1S/C18H25N7O4/c1-18(2,3)29-17(26)23-13-6-4-5-12(9-13)22-14-10-16(24-20-7-8-21-24)19-11-15(14)25(27)28/h7-8,10-13H,4-6,9H2,1-3H3,(H,19,22)(H,23,26)/t12-,13+/m1/s1. The molecule has 2 heterocycles. The number of pyridine rings is 1. The van der Waals surface area contributed by atoms with Crippen LogP contribution in [0.2, 0.25) is 0 Å². The second-order valence-electron chi connectivity index (χ2n) is 7.99. The minimum atomic E-state index is -0.564. The van der Waals surface area contributed by atoms with Crippen molar-refractivity contribution >= 4 is 17.5 Å². The molecule has 11 heteroatoms. The number of hydrogen-bond acceptors (Lipinski definition) is 8. The van der Waals surface area contributed by atoms with Gasteiger partial charge in [-0.25, -0.2) is 9.78 Å². The van der Waals surface area contributed by atoms with Crippen LogP contribution >= 0.6 is 0 Å². The highest BCUT2D eigenvalue weighted by atomic mass is 16.6. The van der Waals surface area contributed by atoms with Crippen LogP contribution in [-0.4, -0.2) is 48.7 Å². The monoisotopic (exact) mass is 403 g/mol. The van der Waals surface area contributed by atoms with Crippen molar-refractivity contribution in [3.05, 3.63) is 34.8 Å². The Morgan fingerprint density at radius 2 is 1.97 bits per heavy atom. The van der Waals surface area contributed by atoms with E-state index in [-0.39, 0.29) is 17.8 Å². The number of carbonyl (C=O) groups excluding carboxylic acids is 1. The van der Waals surface area contributed by atoms with Crippen LogP contribution < -0.4 is 10.6 Å². The molecule has 2 aromatic rings. The Kier molecular flexibility index (Phi) is 5.95. The lowest BCUT2D eigenvalue weighted by Gasteiger charge is -2.31. The lowest BCUT2D eigenvalue weighted by atomic mass is 9.91. The van der Waals surface area contributed by atoms with Crippen LogP contribution in [0.25, 0.3) is 5.82 Å². The van der Waals surface area contributed by atoms with Crippen molar-refractivity contribution in [2.45, 2.75) is 64.1 Å². The molecule has 2 aromatic heterocycles. The van der Waals surface area contributed by atoms with Crippen molar-refractivity contribution in [2.75, 3.05) is 5.32 Å². The zero-order chi connectivity index (χ0) is 21.0. The van der Waals surface area contributed by atoms with Crippen LogP contribution in [-0.2, 0) is 4.74 Å². The molecule has 0 spiro atoms. The Morgan fingerprint density at radius 1 is 1.28 bits per heavy atom. The summed E-state index contributed by atoms with van der Waals surface area (Å²) >= 11 is 0. The molecule has 0 aliphatic heterocycles. The Morgan fingerprint density at radius 3 is 2.62 bits per heavy atom. The summed E-state index contributed by atoms with van der Waals surface area (Å²) in [5.41, 5.74) is -0.339. The van der Waals surface area contributed by atoms with Gasteiger partial charge < -0.3 is 15.4 Å². The zero-order valence-corrected chi connectivity index (χ0v) is 16.7. The molecule has 2 N–H and O–H groups in total. The first-order chi connectivity index (χ1) is 13.7. The number of anilines is 1. The first-order valence-corrected chi connectivity index (χ1v) is 9.48. The molecule has 2 atom stereocenters. The fourth-order valence-corrected chi connectivity index (χ4v) is 3.29. The normalized spacial score (nSPS) is 19.4. The third-order valence-corrected chi connectivity index (χ3v) is 4.44. The summed E-state index contributed by atoms with van der Waals surface area (Å²) in [6, 6.07) is 1.45. The summed E-state index contributed by atoms with van der Waals surface area (Å²) in [4.78, 5) is 28.3. The SMILES string of the molecule is CC(C)(C)OC(=O)N[C@H]1CCC[C@@H](Nc2cc(-n3nccn3)ncc2[N+](=O)[O-])C1. The molecule has 29 heavy (non-hydrogen) atoms. The first kappa shape index (κ1) is 20.5. The summed E-state index contributed by atoms with van der Waals surface area (Å²) < 4.78 is 5.32. The van der Waals surface area contributed by atoms with Gasteiger partial charge in [-0.3, -0.25) is 10.1 Å². The van der Waals surface area contributed by atoms with E-state index in [9.17, 15) is 14.9 Å². The smallest absolute Gasteiger partial charge is 0.407 e. The molecule has 0 saturated heterocycles. The molecule has 0 radical (unpaired) electrons. The van der Waals surface area contributed by atoms with Crippen molar-refractivity contribution < 1.29 is 14.5 Å². The summed E-state index contributed by atoms with van der Waals surface area (Å²) in [5.74, 6) is 0.377. The fourth-order valence-electron chi connectivity index (χ4n) is 3.29. The van der Waals surface area contributed by atoms with Crippen LogP contribution in [0.1, 0.15) is 46.5 Å². The maximum atomic E-state index is 12.0. The van der Waals surface area contributed by atoms with Gasteiger partial charge in [-0.15, -0.1) is 4.80 Å². The predicted octanol–water partition coefficient (Wildman–Crippen LogP) is 2.82. The van der Waals surface area contributed by atoms with E-state index in [2.05, 4.69) is 25.8 Å². The molecular weight excluding hydrogens is 378 g/mol. The average molecular weight is 403 g/mol. The number of alkyl carbamates (subject to hydrolysis) is 1. The summed E-state index contributed by atoms with van der Waals surface area (Å²) in [5, 5.41) is 25.6. The number of carbonyl (C=O) groups is 1. The lowest BCUT2D eigenvalue weighted by molar-refractivity contribution is -0.384. The molecule has 1 fully saturated rings. The van der Waals surface area contributed by atoms with Gasteiger partial charge in [-0.1, -0.05) is 0 Å². The van der Waals surface area contributed by atoms with Gasteiger partial charge >= 0.3 is 11.8 Å². The second kappa shape index (κ2) is 8.41. The molecule has 1 aliphatic rings. The van der Waals surface area contributed by atoms with E-state index in [1.54, 1.807) is 6.07 Å². The van der Waals surface area contributed by atoms with Gasteiger partial charge in [0.1, 0.15) is 17.5 Å². The highest BCUT2D eigenvalue weighted by Gasteiger charge is 2.27. The third-order valence-electron chi connectivity index (χ3n) is 4.44. The van der Waals surface area contributed by atoms with E-state index < -0.39 is 16.6 Å². The number of hydrogen-bond donors (Lipinski definition) is 2. The van der Waals surface area contributed by atoms with Crippen molar-refractivity contribution in [3.63, 3.8) is 0 Å². The number of aromatic nitrogens is 4. The van der Waals surface area contributed by atoms with Crippen molar-refractivity contribution in [1.82, 2.24) is 25.3 Å². The minimum Gasteiger partial charge on any atom is -0.444 e. The molecule has 0 aromatic carbocycles. The third kappa shape index (κ3) is 5.62. The summed E-state index contributed by atoms with van der Waals surface area (Å²) in [7, 11) is 0. The zero-order valence-electron chi connectivity index (χ0n) is 16.7. The van der Waals surface area contributed by atoms with Gasteiger partial charge in [0.2, 0.25) is 0 Å². The van der Waals surface area contributed by atoms with Crippen molar-refractivity contribution in [3.8, 4) is 5.82 Å². The number of nitrogens with zero attached hydrogens (tertiary/aromatic N) is 5. The van der Waals surface area contributed by atoms with Gasteiger partial charge in [-0.2, -0.15) is 10.2 Å². The molecule has 1 amide bonds. The van der Waals surface area contributed by atoms with Gasteiger partial charge in [0.15, 0.2) is 5.82 Å². The molecule has 11 nitrogen and oxygen atoms in total. The first-order valence-electron chi connectivity index (χ1n) is 9.48. The van der Waals surface area contributed by atoms with E-state index in [1.165, 1.54) is 23.4 Å². The van der Waals surface area contributed by atoms with Crippen LogP contribution in [0.15, 0.2) is 24.7 Å². The van der Waals surface area contributed by atoms with Gasteiger partial charge in [0.25, 0.3) is 0 Å². The van der Waals surface area contributed by atoms with Crippen molar-refractivity contribution in [1.29, 1.82) is 0 Å². The van der Waals surface area contributed by atoms with E-state index in [0.717, 1.165) is 19.3 Å². The minimum absolute atomic E-state index is 0.0387. The van der Waals surface area contributed by atoms with Crippen molar-refractivity contribution in [2.24, 2.45) is 0 Å². The Labute approximate surface area is 168 Å². The quantitative estimate of drug-likeness (QED) is 0.574. The number of rotatable bonds is 5. The maximum absolute atomic E-state index is 12.0. The van der Waals surface area contributed by atoms with E-state index >= 15 is 0 Å². The Hall–Kier alpha value is -3.24. The van der Waals surface area contributed by atoms with E-state index in [4.69, 9.17) is 4.74 Å². The number of nitrogens with one attached hydrogen (secondary N) is 2. The number of amides is 1. The predicted molar refractivity (Wildman–Crippen MR) is 105 cm³/mol. The largest absolute Gasteiger partial charge is 0.444 e. The molecule has 1 saturated carbocycles. The Bertz CT molecular complexity index is 864. The van der Waals surface area contributed by atoms with Gasteiger partial charge in [0, 0.05) is 18.2 Å². The maximum Gasteiger partial charge on any atom is 0.407 e. The number of ether oxygens (including phenoxy) is 1. The number of nitro groups is 1. The van der Waals surface area contributed by atoms with Crippen LogP contribution in [0.4, 0.5) is 16.2 Å². The average Bonchev–Trinajstić information content (AvgIpc) is 3.14. The van der Waals surface area contributed by atoms with Gasteiger partial charge in [0.05, 0.1) is 17.3 Å².